The van der Waals surface area contributed by atoms with E-state index in [0.717, 1.165) is 37.7 Å². The molecule has 0 heterocycles. The smallest absolute Gasteiger partial charge is 0.319 e. The summed E-state index contributed by atoms with van der Waals surface area (Å²) in [6, 6.07) is 12.8. The maximum atomic E-state index is 13.3. The molecule has 0 spiro atoms. The number of carbonyl (C=O) groups is 2. The van der Waals surface area contributed by atoms with Gasteiger partial charge in [0.15, 0.2) is 0 Å². The Bertz CT molecular complexity index is 830. The van der Waals surface area contributed by atoms with Crippen LogP contribution < -0.4 is 16.0 Å². The lowest BCUT2D eigenvalue weighted by Crippen LogP contribution is -2.45. The molecule has 2 aromatic carbocycles. The summed E-state index contributed by atoms with van der Waals surface area (Å²) >= 11 is 0. The van der Waals surface area contributed by atoms with Gasteiger partial charge in [-0.1, -0.05) is 38.0 Å². The van der Waals surface area contributed by atoms with Crippen molar-refractivity contribution in [2.75, 3.05) is 11.9 Å². The molecule has 0 atom stereocenters. The fraction of sp³-hybridized carbons (Fsp3) is 0.364. The number of amides is 3. The van der Waals surface area contributed by atoms with Crippen LogP contribution in [0.25, 0.3) is 0 Å². The Kier molecular flexibility index (Phi) is 6.29. The molecule has 2 aromatic rings. The molecule has 1 fully saturated rings. The number of benzene rings is 2. The summed E-state index contributed by atoms with van der Waals surface area (Å²) in [5.74, 6) is -0.455. The Labute approximate surface area is 164 Å². The van der Waals surface area contributed by atoms with E-state index in [1.54, 1.807) is 36.4 Å². The zero-order valence-electron chi connectivity index (χ0n) is 16.1. The first-order chi connectivity index (χ1) is 13.5. The molecule has 28 heavy (non-hydrogen) atoms. The summed E-state index contributed by atoms with van der Waals surface area (Å²) in [6.45, 7) is 2.60. The summed E-state index contributed by atoms with van der Waals surface area (Å²) in [6.07, 6.45) is 4.49. The minimum absolute atomic E-state index is 0.163. The van der Waals surface area contributed by atoms with Gasteiger partial charge >= 0.3 is 6.03 Å². The molecule has 148 valence electrons. The van der Waals surface area contributed by atoms with Gasteiger partial charge in [-0.15, -0.1) is 0 Å². The normalized spacial score (nSPS) is 15.1. The van der Waals surface area contributed by atoms with E-state index in [9.17, 15) is 14.0 Å². The predicted octanol–water partition coefficient (Wildman–Crippen LogP) is 4.56. The van der Waals surface area contributed by atoms with Crippen LogP contribution >= 0.6 is 0 Å². The molecule has 0 saturated heterocycles. The predicted molar refractivity (Wildman–Crippen MR) is 108 cm³/mol. The van der Waals surface area contributed by atoms with Gasteiger partial charge in [0.25, 0.3) is 5.91 Å². The first kappa shape index (κ1) is 19.9. The molecular weight excluding hydrogens is 357 g/mol. The van der Waals surface area contributed by atoms with Gasteiger partial charge in [-0.2, -0.15) is 0 Å². The van der Waals surface area contributed by atoms with Crippen LogP contribution in [0.2, 0.25) is 0 Å². The van der Waals surface area contributed by atoms with Crippen molar-refractivity contribution in [3.63, 3.8) is 0 Å². The van der Waals surface area contributed by atoms with Crippen LogP contribution in [0.4, 0.5) is 14.9 Å². The summed E-state index contributed by atoms with van der Waals surface area (Å²) in [4.78, 5) is 24.8. The number of anilines is 1. The van der Waals surface area contributed by atoms with E-state index >= 15 is 0 Å². The Balaban J connectivity index is 1.70. The Hall–Kier alpha value is -2.89. The average molecular weight is 383 g/mol. The van der Waals surface area contributed by atoms with E-state index < -0.39 is 5.54 Å². The maximum absolute atomic E-state index is 13.3. The van der Waals surface area contributed by atoms with Crippen molar-refractivity contribution in [3.8, 4) is 0 Å². The lowest BCUT2D eigenvalue weighted by molar-refractivity contribution is 0.0953. The fourth-order valence-corrected chi connectivity index (χ4v) is 3.69. The third-order valence-electron chi connectivity index (χ3n) is 5.12. The van der Waals surface area contributed by atoms with Crippen molar-refractivity contribution in [2.24, 2.45) is 0 Å². The quantitative estimate of drug-likeness (QED) is 0.684. The lowest BCUT2D eigenvalue weighted by atomic mass is 9.88. The van der Waals surface area contributed by atoms with Crippen LogP contribution in [0.1, 0.15) is 54.9 Å². The Morgan fingerprint density at radius 1 is 1.07 bits per heavy atom. The molecule has 5 nitrogen and oxygen atoms in total. The van der Waals surface area contributed by atoms with Gasteiger partial charge in [-0.05, 0) is 55.2 Å². The summed E-state index contributed by atoms with van der Waals surface area (Å²) in [5, 5.41) is 8.73. The van der Waals surface area contributed by atoms with Crippen molar-refractivity contribution < 1.29 is 14.0 Å². The number of carbonyl (C=O) groups excluding carboxylic acids is 2. The highest BCUT2D eigenvalue weighted by Gasteiger charge is 2.37. The first-order valence-corrected chi connectivity index (χ1v) is 9.76. The molecule has 1 saturated carbocycles. The van der Waals surface area contributed by atoms with Gasteiger partial charge in [0.05, 0.1) is 5.54 Å². The van der Waals surface area contributed by atoms with E-state index in [1.165, 1.54) is 12.1 Å². The average Bonchev–Trinajstić information content (AvgIpc) is 3.16. The summed E-state index contributed by atoms with van der Waals surface area (Å²) < 4.78 is 13.3. The van der Waals surface area contributed by atoms with Crippen molar-refractivity contribution in [1.82, 2.24) is 10.6 Å². The number of nitrogens with one attached hydrogen (secondary N) is 3. The fourth-order valence-electron chi connectivity index (χ4n) is 3.69. The third-order valence-corrected chi connectivity index (χ3v) is 5.12. The molecule has 1 aliphatic rings. The zero-order chi connectivity index (χ0) is 20.0. The van der Waals surface area contributed by atoms with E-state index in [-0.39, 0.29) is 17.8 Å². The Morgan fingerprint density at radius 3 is 2.46 bits per heavy atom. The van der Waals surface area contributed by atoms with Gasteiger partial charge in [0.1, 0.15) is 5.82 Å². The zero-order valence-corrected chi connectivity index (χ0v) is 16.1. The molecule has 0 bridgehead atoms. The van der Waals surface area contributed by atoms with Crippen molar-refractivity contribution in [3.05, 3.63) is 65.5 Å². The molecule has 3 N–H and O–H groups in total. The van der Waals surface area contributed by atoms with Gasteiger partial charge in [0, 0.05) is 17.8 Å². The number of hydrogen-bond donors (Lipinski definition) is 3. The van der Waals surface area contributed by atoms with Gasteiger partial charge in [0.2, 0.25) is 0 Å². The highest BCUT2D eigenvalue weighted by atomic mass is 19.1. The molecule has 0 aromatic heterocycles. The minimum Gasteiger partial charge on any atom is -0.352 e. The standard InChI is InChI=1S/C22H26FN3O2/c1-2-14-24-20(27)16-6-5-7-19(15-16)25-21(28)26-22(12-3-4-13-22)17-8-10-18(23)11-9-17/h5-11,15H,2-4,12-14H2,1H3,(H,24,27)(H2,25,26,28). The Morgan fingerprint density at radius 2 is 1.79 bits per heavy atom. The van der Waals surface area contributed by atoms with E-state index in [4.69, 9.17) is 0 Å². The molecule has 0 unspecified atom stereocenters. The van der Waals surface area contributed by atoms with E-state index in [0.29, 0.717) is 17.8 Å². The molecule has 6 heteroatoms. The SMILES string of the molecule is CCCNC(=O)c1cccc(NC(=O)NC2(c3ccc(F)cc3)CCCC2)c1. The van der Waals surface area contributed by atoms with Gasteiger partial charge < -0.3 is 16.0 Å². The van der Waals surface area contributed by atoms with Crippen molar-refractivity contribution in [1.29, 1.82) is 0 Å². The van der Waals surface area contributed by atoms with Crippen LogP contribution in [0, 0.1) is 5.82 Å². The van der Waals surface area contributed by atoms with Crippen molar-refractivity contribution in [2.45, 2.75) is 44.6 Å². The number of rotatable bonds is 6. The van der Waals surface area contributed by atoms with E-state index in [2.05, 4.69) is 16.0 Å². The molecule has 0 radical (unpaired) electrons. The molecule has 0 aliphatic heterocycles. The molecular formula is C22H26FN3O2. The van der Waals surface area contributed by atoms with Crippen LogP contribution in [0.15, 0.2) is 48.5 Å². The largest absolute Gasteiger partial charge is 0.352 e. The summed E-state index contributed by atoms with van der Waals surface area (Å²) in [5.41, 5.74) is 1.47. The highest BCUT2D eigenvalue weighted by molar-refractivity contribution is 5.97. The number of hydrogen-bond acceptors (Lipinski definition) is 2. The highest BCUT2D eigenvalue weighted by Crippen LogP contribution is 2.38. The van der Waals surface area contributed by atoms with Crippen LogP contribution in [0.5, 0.6) is 0 Å². The lowest BCUT2D eigenvalue weighted by Gasteiger charge is -2.31. The monoisotopic (exact) mass is 383 g/mol. The second kappa shape index (κ2) is 8.87. The number of urea groups is 1. The third kappa shape index (κ3) is 4.68. The van der Waals surface area contributed by atoms with Crippen LogP contribution in [-0.2, 0) is 5.54 Å². The first-order valence-electron chi connectivity index (χ1n) is 9.76. The van der Waals surface area contributed by atoms with Crippen LogP contribution in [0.3, 0.4) is 0 Å². The topological polar surface area (TPSA) is 70.2 Å². The summed E-state index contributed by atoms with van der Waals surface area (Å²) in [7, 11) is 0. The van der Waals surface area contributed by atoms with Gasteiger partial charge in [-0.25, -0.2) is 9.18 Å². The van der Waals surface area contributed by atoms with Crippen molar-refractivity contribution >= 4 is 17.6 Å². The minimum atomic E-state index is -0.492. The molecule has 3 amide bonds. The second-order valence-electron chi connectivity index (χ2n) is 7.21. The number of halogens is 1. The van der Waals surface area contributed by atoms with Gasteiger partial charge in [-0.3, -0.25) is 4.79 Å². The van der Waals surface area contributed by atoms with Crippen LogP contribution in [-0.4, -0.2) is 18.5 Å². The molecule has 3 rings (SSSR count). The molecule has 1 aliphatic carbocycles. The van der Waals surface area contributed by atoms with E-state index in [1.807, 2.05) is 6.92 Å². The maximum Gasteiger partial charge on any atom is 0.319 e. The second-order valence-corrected chi connectivity index (χ2v) is 7.21.